The van der Waals surface area contributed by atoms with E-state index in [0.717, 1.165) is 49.8 Å². The van der Waals surface area contributed by atoms with E-state index in [2.05, 4.69) is 26.1 Å². The van der Waals surface area contributed by atoms with Gasteiger partial charge in [-0.25, -0.2) is 0 Å². The molecule has 0 amide bonds. The van der Waals surface area contributed by atoms with Crippen molar-refractivity contribution >= 4 is 5.69 Å². The molecule has 1 aromatic carbocycles. The van der Waals surface area contributed by atoms with E-state index >= 15 is 0 Å². The lowest BCUT2D eigenvalue weighted by atomic mass is 9.92. The Kier molecular flexibility index (Phi) is 7.76. The number of hydrogen-bond donors (Lipinski definition) is 3. The van der Waals surface area contributed by atoms with Gasteiger partial charge in [0.15, 0.2) is 0 Å². The fourth-order valence-electron chi connectivity index (χ4n) is 2.80. The lowest BCUT2D eigenvalue weighted by Crippen LogP contribution is -2.36. The van der Waals surface area contributed by atoms with Crippen molar-refractivity contribution in [1.82, 2.24) is 0 Å². The second-order valence-electron chi connectivity index (χ2n) is 6.01. The summed E-state index contributed by atoms with van der Waals surface area (Å²) in [6.07, 6.45) is 4.92. The van der Waals surface area contributed by atoms with Crippen LogP contribution >= 0.6 is 0 Å². The molecule has 0 aliphatic carbocycles. The van der Waals surface area contributed by atoms with Crippen LogP contribution < -0.4 is 5.32 Å². The predicted molar refractivity (Wildman–Crippen MR) is 89.6 cm³/mol. The molecule has 0 aliphatic rings. The van der Waals surface area contributed by atoms with Gasteiger partial charge in [0.25, 0.3) is 0 Å². The lowest BCUT2D eigenvalue weighted by Gasteiger charge is -2.28. The van der Waals surface area contributed by atoms with Crippen molar-refractivity contribution < 1.29 is 10.2 Å². The number of benzene rings is 1. The van der Waals surface area contributed by atoms with Gasteiger partial charge in [-0.05, 0) is 37.0 Å². The van der Waals surface area contributed by atoms with E-state index in [1.807, 2.05) is 24.3 Å². The molecule has 3 N–H and O–H groups in total. The van der Waals surface area contributed by atoms with Gasteiger partial charge in [-0.3, -0.25) is 0 Å². The molecule has 0 aliphatic heterocycles. The maximum Gasteiger partial charge on any atom is 0.0819 e. The Hall–Kier alpha value is -1.06. The van der Waals surface area contributed by atoms with Crippen molar-refractivity contribution in [2.24, 2.45) is 0 Å². The van der Waals surface area contributed by atoms with Crippen molar-refractivity contribution in [2.75, 3.05) is 11.9 Å². The minimum Gasteiger partial charge on any atom is -0.388 e. The van der Waals surface area contributed by atoms with E-state index in [1.165, 1.54) is 0 Å². The molecule has 1 rings (SSSR count). The Morgan fingerprint density at radius 2 is 1.76 bits per heavy atom. The van der Waals surface area contributed by atoms with Gasteiger partial charge in [0.2, 0.25) is 0 Å². The first kappa shape index (κ1) is 18.0. The first-order valence-corrected chi connectivity index (χ1v) is 8.29. The lowest BCUT2D eigenvalue weighted by molar-refractivity contribution is 0.0344. The fourth-order valence-corrected chi connectivity index (χ4v) is 2.80. The van der Waals surface area contributed by atoms with Crippen LogP contribution in [0.25, 0.3) is 0 Å². The number of rotatable bonds is 10. The monoisotopic (exact) mass is 293 g/mol. The third kappa shape index (κ3) is 6.06. The van der Waals surface area contributed by atoms with E-state index in [4.69, 9.17) is 0 Å². The summed E-state index contributed by atoms with van der Waals surface area (Å²) < 4.78 is 0. The predicted octanol–water partition coefficient (Wildman–Crippen LogP) is 4.26. The van der Waals surface area contributed by atoms with Crippen LogP contribution in [-0.4, -0.2) is 22.4 Å². The molecule has 1 aromatic rings. The highest BCUT2D eigenvalue weighted by Crippen LogP contribution is 2.24. The maximum atomic E-state index is 10.6. The third-order valence-corrected chi connectivity index (χ3v) is 3.89. The molecule has 0 saturated heterocycles. The Bertz CT molecular complexity index is 400. The van der Waals surface area contributed by atoms with Crippen LogP contribution in [-0.2, 0) is 0 Å². The molecule has 3 heteroatoms. The molecule has 0 bridgehead atoms. The van der Waals surface area contributed by atoms with Gasteiger partial charge in [0.05, 0.1) is 11.7 Å². The number of nitrogens with one attached hydrogen (secondary N) is 1. The van der Waals surface area contributed by atoms with E-state index in [-0.39, 0.29) is 0 Å². The molecule has 120 valence electrons. The SMILES string of the molecule is CCCC(O)c1cccc(NCC(O)(CCC)CCC)c1. The van der Waals surface area contributed by atoms with Crippen molar-refractivity contribution in [1.29, 1.82) is 0 Å². The second-order valence-corrected chi connectivity index (χ2v) is 6.01. The topological polar surface area (TPSA) is 52.5 Å². The van der Waals surface area contributed by atoms with E-state index in [1.54, 1.807) is 0 Å². The van der Waals surface area contributed by atoms with Gasteiger partial charge in [-0.1, -0.05) is 52.2 Å². The summed E-state index contributed by atoms with van der Waals surface area (Å²) in [5.74, 6) is 0. The average Bonchev–Trinajstić information content (AvgIpc) is 2.46. The zero-order valence-corrected chi connectivity index (χ0v) is 13.7. The maximum absolute atomic E-state index is 10.6. The van der Waals surface area contributed by atoms with E-state index < -0.39 is 11.7 Å². The molecule has 3 nitrogen and oxygen atoms in total. The van der Waals surface area contributed by atoms with Gasteiger partial charge >= 0.3 is 0 Å². The smallest absolute Gasteiger partial charge is 0.0819 e. The standard InChI is InChI=1S/C18H31NO2/c1-4-8-17(20)15-9-7-10-16(13-15)19-14-18(21,11-5-2)12-6-3/h7,9-10,13,17,19-21H,4-6,8,11-12,14H2,1-3H3. The molecule has 21 heavy (non-hydrogen) atoms. The first-order chi connectivity index (χ1) is 10.0. The normalized spacial score (nSPS) is 13.2. The van der Waals surface area contributed by atoms with Crippen LogP contribution in [0.3, 0.4) is 0 Å². The summed E-state index contributed by atoms with van der Waals surface area (Å²) in [5.41, 5.74) is 1.27. The van der Waals surface area contributed by atoms with Crippen LogP contribution in [0.15, 0.2) is 24.3 Å². The largest absolute Gasteiger partial charge is 0.388 e. The zero-order valence-electron chi connectivity index (χ0n) is 13.7. The Morgan fingerprint density at radius 3 is 2.33 bits per heavy atom. The third-order valence-electron chi connectivity index (χ3n) is 3.89. The number of aliphatic hydroxyl groups is 2. The van der Waals surface area contributed by atoms with Crippen LogP contribution in [0, 0.1) is 0 Å². The van der Waals surface area contributed by atoms with Gasteiger partial charge in [-0.15, -0.1) is 0 Å². The Morgan fingerprint density at radius 1 is 1.10 bits per heavy atom. The molecule has 1 unspecified atom stereocenters. The van der Waals surface area contributed by atoms with Gasteiger partial charge in [0, 0.05) is 12.2 Å². The Labute approximate surface area is 129 Å². The summed E-state index contributed by atoms with van der Waals surface area (Å²) >= 11 is 0. The minimum atomic E-state index is -0.637. The molecule has 0 saturated carbocycles. The highest BCUT2D eigenvalue weighted by Gasteiger charge is 2.24. The van der Waals surface area contributed by atoms with Gasteiger partial charge in [-0.2, -0.15) is 0 Å². The van der Waals surface area contributed by atoms with Crippen molar-refractivity contribution in [3.63, 3.8) is 0 Å². The van der Waals surface area contributed by atoms with Crippen molar-refractivity contribution in [2.45, 2.75) is 71.0 Å². The second kappa shape index (κ2) is 9.06. The van der Waals surface area contributed by atoms with Crippen molar-refractivity contribution in [3.8, 4) is 0 Å². The zero-order chi connectivity index (χ0) is 15.7. The van der Waals surface area contributed by atoms with Crippen LogP contribution in [0.1, 0.15) is 71.0 Å². The van der Waals surface area contributed by atoms with Gasteiger partial charge in [0.1, 0.15) is 0 Å². The quantitative estimate of drug-likeness (QED) is 0.604. The molecular formula is C18H31NO2. The summed E-state index contributed by atoms with van der Waals surface area (Å²) in [5, 5.41) is 24.0. The van der Waals surface area contributed by atoms with Gasteiger partial charge < -0.3 is 15.5 Å². The Balaban J connectivity index is 2.67. The highest BCUT2D eigenvalue weighted by molar-refractivity contribution is 5.46. The molecule has 0 fully saturated rings. The first-order valence-electron chi connectivity index (χ1n) is 8.29. The average molecular weight is 293 g/mol. The van der Waals surface area contributed by atoms with E-state index in [0.29, 0.717) is 6.54 Å². The summed E-state index contributed by atoms with van der Waals surface area (Å²) in [6.45, 7) is 6.83. The van der Waals surface area contributed by atoms with Crippen LogP contribution in [0.5, 0.6) is 0 Å². The number of anilines is 1. The fraction of sp³-hybridized carbons (Fsp3) is 0.667. The minimum absolute atomic E-state index is 0.401. The van der Waals surface area contributed by atoms with E-state index in [9.17, 15) is 10.2 Å². The van der Waals surface area contributed by atoms with Crippen molar-refractivity contribution in [3.05, 3.63) is 29.8 Å². The number of aliphatic hydroxyl groups excluding tert-OH is 1. The summed E-state index contributed by atoms with van der Waals surface area (Å²) in [4.78, 5) is 0. The molecule has 0 heterocycles. The summed E-state index contributed by atoms with van der Waals surface area (Å²) in [7, 11) is 0. The number of hydrogen-bond acceptors (Lipinski definition) is 3. The molecule has 0 radical (unpaired) electrons. The molecule has 0 spiro atoms. The van der Waals surface area contributed by atoms with Crippen LogP contribution in [0.4, 0.5) is 5.69 Å². The highest BCUT2D eigenvalue weighted by atomic mass is 16.3. The summed E-state index contributed by atoms with van der Waals surface area (Å²) in [6, 6.07) is 7.88. The van der Waals surface area contributed by atoms with Crippen LogP contribution in [0.2, 0.25) is 0 Å². The molecule has 0 aromatic heterocycles. The molecular weight excluding hydrogens is 262 g/mol. The molecule has 1 atom stereocenters.